The number of amides is 1. The zero-order valence-electron chi connectivity index (χ0n) is 12.2. The van der Waals surface area contributed by atoms with Crippen LogP contribution in [-0.2, 0) is 0 Å². The summed E-state index contributed by atoms with van der Waals surface area (Å²) in [6.45, 7) is 8.12. The van der Waals surface area contributed by atoms with Crippen LogP contribution in [0.1, 0.15) is 21.6 Å². The predicted molar refractivity (Wildman–Crippen MR) is 84.6 cm³/mol. The molecule has 1 aromatic heterocycles. The normalized spacial score (nSPS) is 10.0. The van der Waals surface area contributed by atoms with Gasteiger partial charge in [0.2, 0.25) is 5.95 Å². The molecule has 0 aliphatic carbocycles. The van der Waals surface area contributed by atoms with Crippen molar-refractivity contribution in [2.75, 3.05) is 17.2 Å². The van der Waals surface area contributed by atoms with Crippen molar-refractivity contribution in [1.29, 1.82) is 0 Å². The summed E-state index contributed by atoms with van der Waals surface area (Å²) in [6.07, 6.45) is 3.25. The van der Waals surface area contributed by atoms with E-state index in [9.17, 15) is 4.79 Å². The monoisotopic (exact) mass is 282 g/mol. The van der Waals surface area contributed by atoms with Crippen LogP contribution in [0.5, 0.6) is 0 Å². The molecule has 2 aromatic rings. The number of rotatable bonds is 5. The van der Waals surface area contributed by atoms with E-state index in [1.54, 1.807) is 18.3 Å². The smallest absolute Gasteiger partial charge is 0.274 e. The lowest BCUT2D eigenvalue weighted by Crippen LogP contribution is -2.16. The molecule has 1 amide bonds. The van der Waals surface area contributed by atoms with Crippen molar-refractivity contribution in [1.82, 2.24) is 9.97 Å². The van der Waals surface area contributed by atoms with Crippen LogP contribution in [0.3, 0.4) is 0 Å². The summed E-state index contributed by atoms with van der Waals surface area (Å²) in [4.78, 5) is 20.4. The highest BCUT2D eigenvalue weighted by Crippen LogP contribution is 2.16. The highest BCUT2D eigenvalue weighted by Gasteiger charge is 2.10. The fourth-order valence-corrected chi connectivity index (χ4v) is 1.87. The van der Waals surface area contributed by atoms with E-state index in [1.807, 2.05) is 32.0 Å². The number of hydrogen-bond donors (Lipinski definition) is 2. The highest BCUT2D eigenvalue weighted by atomic mass is 16.1. The maximum absolute atomic E-state index is 12.2. The molecule has 0 aliphatic rings. The quantitative estimate of drug-likeness (QED) is 0.827. The molecule has 5 heteroatoms. The number of aryl methyl sites for hydroxylation is 2. The molecule has 0 radical (unpaired) electrons. The van der Waals surface area contributed by atoms with Crippen molar-refractivity contribution in [3.8, 4) is 0 Å². The highest BCUT2D eigenvalue weighted by molar-refractivity contribution is 6.03. The number of benzene rings is 1. The molecule has 0 aliphatic heterocycles. The molecule has 0 bridgehead atoms. The minimum atomic E-state index is -0.258. The van der Waals surface area contributed by atoms with Gasteiger partial charge in [0.15, 0.2) is 0 Å². The average Bonchev–Trinajstić information content (AvgIpc) is 2.48. The Morgan fingerprint density at radius 1 is 1.33 bits per heavy atom. The van der Waals surface area contributed by atoms with Gasteiger partial charge in [-0.1, -0.05) is 23.8 Å². The van der Waals surface area contributed by atoms with Crippen LogP contribution in [0.2, 0.25) is 0 Å². The lowest BCUT2D eigenvalue weighted by molar-refractivity contribution is 0.102. The van der Waals surface area contributed by atoms with E-state index in [-0.39, 0.29) is 5.91 Å². The van der Waals surface area contributed by atoms with Crippen LogP contribution in [-0.4, -0.2) is 22.4 Å². The van der Waals surface area contributed by atoms with Gasteiger partial charge < -0.3 is 10.6 Å². The Morgan fingerprint density at radius 2 is 2.14 bits per heavy atom. The van der Waals surface area contributed by atoms with E-state index in [1.165, 1.54) is 0 Å². The topological polar surface area (TPSA) is 66.9 Å². The Balaban J connectivity index is 2.14. The van der Waals surface area contributed by atoms with Gasteiger partial charge in [0.05, 0.1) is 0 Å². The molecule has 108 valence electrons. The van der Waals surface area contributed by atoms with Gasteiger partial charge in [-0.2, -0.15) is 0 Å². The van der Waals surface area contributed by atoms with E-state index in [2.05, 4.69) is 27.2 Å². The second-order valence-electron chi connectivity index (χ2n) is 4.71. The van der Waals surface area contributed by atoms with Crippen LogP contribution in [0, 0.1) is 13.8 Å². The number of aromatic nitrogens is 2. The number of hydrogen-bond acceptors (Lipinski definition) is 4. The van der Waals surface area contributed by atoms with Gasteiger partial charge in [-0.05, 0) is 31.5 Å². The lowest BCUT2D eigenvalue weighted by atomic mass is 10.1. The Kier molecular flexibility index (Phi) is 4.66. The van der Waals surface area contributed by atoms with Gasteiger partial charge >= 0.3 is 0 Å². The van der Waals surface area contributed by atoms with Crippen LogP contribution < -0.4 is 10.6 Å². The first kappa shape index (κ1) is 14.7. The molecule has 2 N–H and O–H groups in total. The van der Waals surface area contributed by atoms with Crippen LogP contribution in [0.15, 0.2) is 43.1 Å². The van der Waals surface area contributed by atoms with Crippen LogP contribution in [0.25, 0.3) is 0 Å². The minimum absolute atomic E-state index is 0.258. The summed E-state index contributed by atoms with van der Waals surface area (Å²) in [5, 5.41) is 5.81. The van der Waals surface area contributed by atoms with E-state index < -0.39 is 0 Å². The largest absolute Gasteiger partial charge is 0.351 e. The Labute approximate surface area is 124 Å². The third-order valence-electron chi connectivity index (χ3n) is 2.92. The molecule has 0 saturated heterocycles. The first-order chi connectivity index (χ1) is 10.1. The molecule has 2 rings (SSSR count). The molecule has 1 aromatic carbocycles. The summed E-state index contributed by atoms with van der Waals surface area (Å²) < 4.78 is 0. The second-order valence-corrected chi connectivity index (χ2v) is 4.71. The molecule has 5 nitrogen and oxygen atoms in total. The molecular weight excluding hydrogens is 264 g/mol. The summed E-state index contributed by atoms with van der Waals surface area (Å²) in [5.41, 5.74) is 3.27. The van der Waals surface area contributed by atoms with Gasteiger partial charge in [0.25, 0.3) is 5.91 Å². The van der Waals surface area contributed by atoms with Crippen molar-refractivity contribution in [3.05, 3.63) is 59.9 Å². The van der Waals surface area contributed by atoms with Gasteiger partial charge in [-0.3, -0.25) is 4.79 Å². The van der Waals surface area contributed by atoms with Crippen molar-refractivity contribution < 1.29 is 4.79 Å². The summed E-state index contributed by atoms with van der Waals surface area (Å²) >= 11 is 0. The van der Waals surface area contributed by atoms with Gasteiger partial charge in [-0.25, -0.2) is 9.97 Å². The number of anilines is 2. The third-order valence-corrected chi connectivity index (χ3v) is 2.92. The number of nitrogens with zero attached hydrogens (tertiary/aromatic N) is 2. The zero-order chi connectivity index (χ0) is 15.2. The predicted octanol–water partition coefficient (Wildman–Crippen LogP) is 2.94. The SMILES string of the molecule is C=CCNc1nccc(C(=O)Nc2ccc(C)cc2C)n1. The van der Waals surface area contributed by atoms with Crippen LogP contribution >= 0.6 is 0 Å². The standard InChI is InChI=1S/C16H18N4O/c1-4-8-17-16-18-9-7-14(20-16)15(21)19-13-6-5-11(2)10-12(13)3/h4-7,9-10H,1,8H2,2-3H3,(H,19,21)(H,17,18,20). The molecule has 0 saturated carbocycles. The number of carbonyl (C=O) groups is 1. The second kappa shape index (κ2) is 6.65. The zero-order valence-corrected chi connectivity index (χ0v) is 12.2. The maximum Gasteiger partial charge on any atom is 0.274 e. The Morgan fingerprint density at radius 3 is 2.86 bits per heavy atom. The summed E-state index contributed by atoms with van der Waals surface area (Å²) in [7, 11) is 0. The average molecular weight is 282 g/mol. The molecule has 21 heavy (non-hydrogen) atoms. The van der Waals surface area contributed by atoms with Gasteiger partial charge in [0, 0.05) is 18.4 Å². The molecule has 0 spiro atoms. The minimum Gasteiger partial charge on any atom is -0.351 e. The summed E-state index contributed by atoms with van der Waals surface area (Å²) in [6, 6.07) is 7.45. The van der Waals surface area contributed by atoms with E-state index >= 15 is 0 Å². The molecule has 0 atom stereocenters. The van der Waals surface area contributed by atoms with Gasteiger partial charge in [0.1, 0.15) is 5.69 Å². The lowest BCUT2D eigenvalue weighted by Gasteiger charge is -2.09. The molecular formula is C16H18N4O. The Hall–Kier alpha value is -2.69. The van der Waals surface area contributed by atoms with E-state index in [0.717, 1.165) is 16.8 Å². The first-order valence-electron chi connectivity index (χ1n) is 6.66. The van der Waals surface area contributed by atoms with Crippen molar-refractivity contribution in [3.63, 3.8) is 0 Å². The molecule has 0 unspecified atom stereocenters. The third kappa shape index (κ3) is 3.89. The first-order valence-corrected chi connectivity index (χ1v) is 6.66. The Bertz CT molecular complexity index is 667. The maximum atomic E-state index is 12.2. The van der Waals surface area contributed by atoms with Crippen molar-refractivity contribution >= 4 is 17.5 Å². The van der Waals surface area contributed by atoms with Gasteiger partial charge in [-0.15, -0.1) is 6.58 Å². The fourth-order valence-electron chi connectivity index (χ4n) is 1.87. The van der Waals surface area contributed by atoms with E-state index in [4.69, 9.17) is 0 Å². The molecule has 1 heterocycles. The number of nitrogens with one attached hydrogen (secondary N) is 2. The van der Waals surface area contributed by atoms with Crippen LogP contribution in [0.4, 0.5) is 11.6 Å². The van der Waals surface area contributed by atoms with Crippen molar-refractivity contribution in [2.24, 2.45) is 0 Å². The van der Waals surface area contributed by atoms with E-state index in [0.29, 0.717) is 18.2 Å². The molecule has 0 fully saturated rings. The summed E-state index contributed by atoms with van der Waals surface area (Å²) in [5.74, 6) is 0.147. The number of carbonyl (C=O) groups excluding carboxylic acids is 1. The van der Waals surface area contributed by atoms with Crippen molar-refractivity contribution in [2.45, 2.75) is 13.8 Å². The fraction of sp³-hybridized carbons (Fsp3) is 0.188.